The van der Waals surface area contributed by atoms with Crippen LogP contribution in [0.3, 0.4) is 0 Å². The number of fused-ring (bicyclic) bond motifs is 1. The monoisotopic (exact) mass is 450 g/mol. The van der Waals surface area contributed by atoms with Gasteiger partial charge >= 0.3 is 0 Å². The summed E-state index contributed by atoms with van der Waals surface area (Å²) in [6.07, 6.45) is 2.24. The van der Waals surface area contributed by atoms with Crippen LogP contribution in [0.5, 0.6) is 5.75 Å². The molecule has 0 aromatic heterocycles. The number of hydrogen-bond donors (Lipinski definition) is 1. The Kier molecular flexibility index (Phi) is 6.65. The summed E-state index contributed by atoms with van der Waals surface area (Å²) < 4.78 is 12.9. The highest BCUT2D eigenvalue weighted by atomic mass is 35.5. The van der Waals surface area contributed by atoms with Crippen molar-refractivity contribution < 1.29 is 9.47 Å². The number of rotatable bonds is 6. The van der Waals surface area contributed by atoms with Crippen LogP contribution >= 0.6 is 11.6 Å². The van der Waals surface area contributed by atoms with Crippen LogP contribution < -0.4 is 10.1 Å². The summed E-state index contributed by atoms with van der Waals surface area (Å²) in [5.74, 6) is 1.42. The van der Waals surface area contributed by atoms with Gasteiger partial charge in [-0.3, -0.25) is 4.90 Å². The van der Waals surface area contributed by atoms with Gasteiger partial charge in [-0.2, -0.15) is 0 Å². The summed E-state index contributed by atoms with van der Waals surface area (Å²) in [6, 6.07) is 22.9. The number of likely N-dealkylation sites (tertiary alicyclic amines) is 1. The lowest BCUT2D eigenvalue weighted by Gasteiger charge is -2.46. The van der Waals surface area contributed by atoms with Crippen LogP contribution in [0.15, 0.2) is 66.7 Å². The third-order valence-electron chi connectivity index (χ3n) is 6.97. The lowest BCUT2D eigenvalue weighted by Crippen LogP contribution is -2.59. The molecule has 32 heavy (non-hydrogen) atoms. The quantitative estimate of drug-likeness (QED) is 0.563. The SMILES string of the molecule is Clc1ccc(CN2CCC(C3(COc4cccc5ccccc45)CNCCO3)CC2)cc1. The van der Waals surface area contributed by atoms with Gasteiger partial charge in [0.25, 0.3) is 0 Å². The van der Waals surface area contributed by atoms with Gasteiger partial charge in [0.15, 0.2) is 0 Å². The van der Waals surface area contributed by atoms with E-state index in [1.54, 1.807) is 0 Å². The topological polar surface area (TPSA) is 33.7 Å². The molecule has 0 saturated carbocycles. The largest absolute Gasteiger partial charge is 0.490 e. The normalized spacial score (nSPS) is 22.8. The Morgan fingerprint density at radius 1 is 1.00 bits per heavy atom. The maximum Gasteiger partial charge on any atom is 0.127 e. The fourth-order valence-corrected chi connectivity index (χ4v) is 5.26. The molecule has 0 aliphatic carbocycles. The van der Waals surface area contributed by atoms with E-state index in [0.29, 0.717) is 12.5 Å². The van der Waals surface area contributed by atoms with Crippen molar-refractivity contribution in [2.24, 2.45) is 5.92 Å². The van der Waals surface area contributed by atoms with E-state index in [4.69, 9.17) is 21.1 Å². The summed E-state index contributed by atoms with van der Waals surface area (Å²) in [5, 5.41) is 6.73. The molecule has 1 N–H and O–H groups in total. The van der Waals surface area contributed by atoms with Gasteiger partial charge in [-0.05, 0) is 61.0 Å². The third kappa shape index (κ3) is 4.79. The molecule has 168 valence electrons. The highest BCUT2D eigenvalue weighted by Gasteiger charge is 2.43. The summed E-state index contributed by atoms with van der Waals surface area (Å²) >= 11 is 6.04. The van der Waals surface area contributed by atoms with Gasteiger partial charge in [-0.15, -0.1) is 0 Å². The van der Waals surface area contributed by atoms with Gasteiger partial charge in [0.2, 0.25) is 0 Å². The first kappa shape index (κ1) is 21.7. The second-order valence-electron chi connectivity index (χ2n) is 9.03. The van der Waals surface area contributed by atoms with E-state index in [1.165, 1.54) is 10.9 Å². The molecule has 1 atom stereocenters. The number of hydrogen-bond acceptors (Lipinski definition) is 4. The molecule has 0 bridgehead atoms. The molecular weight excluding hydrogens is 420 g/mol. The standard InChI is InChI=1S/C27H31ClN2O2/c28-24-10-8-21(9-11-24)18-30-15-12-23(13-16-30)27(19-29-14-17-32-27)20-31-26-7-3-5-22-4-1-2-6-25(22)26/h1-11,23,29H,12-20H2. The predicted octanol–water partition coefficient (Wildman–Crippen LogP) is 5.14. The van der Waals surface area contributed by atoms with Crippen LogP contribution in [0, 0.1) is 5.92 Å². The Labute approximate surface area is 195 Å². The molecule has 1 unspecified atom stereocenters. The molecule has 5 rings (SSSR count). The lowest BCUT2D eigenvalue weighted by molar-refractivity contribution is -0.137. The molecule has 2 fully saturated rings. The van der Waals surface area contributed by atoms with Gasteiger partial charge < -0.3 is 14.8 Å². The first-order valence-electron chi connectivity index (χ1n) is 11.6. The smallest absolute Gasteiger partial charge is 0.127 e. The maximum atomic E-state index is 6.48. The van der Waals surface area contributed by atoms with Crippen molar-refractivity contribution in [2.75, 3.05) is 39.4 Å². The van der Waals surface area contributed by atoms with E-state index in [-0.39, 0.29) is 5.60 Å². The lowest BCUT2D eigenvalue weighted by atomic mass is 9.79. The fraction of sp³-hybridized carbons (Fsp3) is 0.407. The molecule has 0 amide bonds. The molecule has 2 aliphatic heterocycles. The minimum Gasteiger partial charge on any atom is -0.490 e. The van der Waals surface area contributed by atoms with Crippen molar-refractivity contribution in [1.29, 1.82) is 0 Å². The van der Waals surface area contributed by atoms with Crippen LogP contribution in [-0.4, -0.2) is 49.9 Å². The van der Waals surface area contributed by atoms with Crippen molar-refractivity contribution in [3.8, 4) is 5.75 Å². The van der Waals surface area contributed by atoms with Gasteiger partial charge in [-0.1, -0.05) is 60.1 Å². The van der Waals surface area contributed by atoms with Crippen molar-refractivity contribution in [2.45, 2.75) is 25.0 Å². The van der Waals surface area contributed by atoms with Crippen molar-refractivity contribution in [1.82, 2.24) is 10.2 Å². The van der Waals surface area contributed by atoms with E-state index >= 15 is 0 Å². The third-order valence-corrected chi connectivity index (χ3v) is 7.22. The average Bonchev–Trinajstić information content (AvgIpc) is 2.85. The van der Waals surface area contributed by atoms with E-state index in [2.05, 4.69) is 64.8 Å². The van der Waals surface area contributed by atoms with Gasteiger partial charge in [0.1, 0.15) is 18.0 Å². The maximum absolute atomic E-state index is 6.48. The molecule has 2 aliphatic rings. The number of ether oxygens (including phenoxy) is 2. The number of nitrogens with one attached hydrogen (secondary N) is 1. The zero-order chi connectivity index (χ0) is 21.8. The molecule has 2 heterocycles. The van der Waals surface area contributed by atoms with E-state index in [1.807, 2.05) is 12.1 Å². The molecule has 5 heteroatoms. The molecule has 2 saturated heterocycles. The zero-order valence-corrected chi connectivity index (χ0v) is 19.2. The van der Waals surface area contributed by atoms with Crippen LogP contribution in [0.1, 0.15) is 18.4 Å². The summed E-state index contributed by atoms with van der Waals surface area (Å²) in [5.41, 5.74) is 1.04. The Hall–Kier alpha value is -2.11. The Morgan fingerprint density at radius 2 is 1.78 bits per heavy atom. The van der Waals surface area contributed by atoms with Crippen LogP contribution in [0.2, 0.25) is 5.02 Å². The summed E-state index contributed by atoms with van der Waals surface area (Å²) in [4.78, 5) is 2.54. The van der Waals surface area contributed by atoms with Gasteiger partial charge in [-0.25, -0.2) is 0 Å². The minimum absolute atomic E-state index is 0.276. The molecular formula is C27H31ClN2O2. The minimum atomic E-state index is -0.276. The van der Waals surface area contributed by atoms with Gasteiger partial charge in [0.05, 0.1) is 6.61 Å². The number of benzene rings is 3. The second kappa shape index (κ2) is 9.80. The van der Waals surface area contributed by atoms with Crippen molar-refractivity contribution >= 4 is 22.4 Å². The molecule has 3 aromatic carbocycles. The first-order valence-corrected chi connectivity index (χ1v) is 12.0. The Morgan fingerprint density at radius 3 is 2.56 bits per heavy atom. The Balaban J connectivity index is 1.26. The molecule has 3 aromatic rings. The number of morpholine rings is 1. The van der Waals surface area contributed by atoms with Crippen LogP contribution in [-0.2, 0) is 11.3 Å². The Bertz CT molecular complexity index is 1020. The van der Waals surface area contributed by atoms with E-state index in [9.17, 15) is 0 Å². The summed E-state index contributed by atoms with van der Waals surface area (Å²) in [6.45, 7) is 6.20. The zero-order valence-electron chi connectivity index (χ0n) is 18.4. The molecule has 0 radical (unpaired) electrons. The number of nitrogens with zero attached hydrogens (tertiary/aromatic N) is 1. The molecule has 0 spiro atoms. The van der Waals surface area contributed by atoms with E-state index in [0.717, 1.165) is 68.3 Å². The molecule has 4 nitrogen and oxygen atoms in total. The first-order chi connectivity index (χ1) is 15.7. The second-order valence-corrected chi connectivity index (χ2v) is 9.47. The fourth-order valence-electron chi connectivity index (χ4n) is 5.14. The summed E-state index contributed by atoms with van der Waals surface area (Å²) in [7, 11) is 0. The van der Waals surface area contributed by atoms with Crippen molar-refractivity contribution in [3.63, 3.8) is 0 Å². The highest BCUT2D eigenvalue weighted by Crippen LogP contribution is 2.35. The highest BCUT2D eigenvalue weighted by molar-refractivity contribution is 6.30. The van der Waals surface area contributed by atoms with E-state index < -0.39 is 0 Å². The van der Waals surface area contributed by atoms with Gasteiger partial charge in [0, 0.05) is 30.0 Å². The predicted molar refractivity (Wildman–Crippen MR) is 130 cm³/mol. The number of piperidine rings is 1. The van der Waals surface area contributed by atoms with Crippen molar-refractivity contribution in [3.05, 3.63) is 77.3 Å². The van der Waals surface area contributed by atoms with Crippen LogP contribution in [0.25, 0.3) is 10.8 Å². The van der Waals surface area contributed by atoms with Crippen LogP contribution in [0.4, 0.5) is 0 Å². The number of halogens is 1. The average molecular weight is 451 g/mol.